The van der Waals surface area contributed by atoms with Crippen LogP contribution >= 0.6 is 0 Å². The molecule has 11 heteroatoms. The van der Waals surface area contributed by atoms with E-state index in [1.807, 2.05) is 0 Å². The number of phenols is 1. The molecule has 0 aliphatic carbocycles. The summed E-state index contributed by atoms with van der Waals surface area (Å²) in [5, 5.41) is 13.2. The number of carbonyl (C=O) groups is 1. The molecule has 6 nitrogen and oxygen atoms in total. The number of hydrogen-bond donors (Lipinski definition) is 3. The first-order valence-corrected chi connectivity index (χ1v) is 14.2. The smallest absolute Gasteiger partial charge is 0.252 e. The summed E-state index contributed by atoms with van der Waals surface area (Å²) >= 11 is 0. The van der Waals surface area contributed by atoms with E-state index in [0.29, 0.717) is 5.56 Å². The average Bonchev–Trinajstić information content (AvgIpc) is 2.92. The largest absolute Gasteiger partial charge is 0.508 e. The first-order valence-electron chi connectivity index (χ1n) is 12.3. The Hall–Kier alpha value is -4.22. The zero-order valence-electron chi connectivity index (χ0n) is 21.8. The maximum Gasteiger partial charge on any atom is 0.252 e. The molecule has 0 aliphatic rings. The number of alkyl halides is 1. The Labute approximate surface area is 234 Å². The van der Waals surface area contributed by atoms with Crippen LogP contribution in [0, 0.1) is 17.5 Å². The number of aromatic hydroxyl groups is 1. The molecule has 0 fully saturated rings. The van der Waals surface area contributed by atoms with Crippen molar-refractivity contribution in [2.45, 2.75) is 25.2 Å². The molecule has 0 aromatic heterocycles. The maximum absolute atomic E-state index is 14.8. The Bertz CT molecular complexity index is 1660. The zero-order valence-corrected chi connectivity index (χ0v) is 22.6. The third kappa shape index (κ3) is 7.11. The zero-order chi connectivity index (χ0) is 29.8. The molecule has 0 saturated heterocycles. The number of rotatable bonds is 10. The van der Waals surface area contributed by atoms with Crippen LogP contribution in [-0.4, -0.2) is 25.7 Å². The minimum absolute atomic E-state index is 0.0375. The van der Waals surface area contributed by atoms with Gasteiger partial charge in [-0.15, -0.1) is 0 Å². The minimum Gasteiger partial charge on any atom is -0.508 e. The summed E-state index contributed by atoms with van der Waals surface area (Å²) in [6.45, 7) is -1.57. The molecule has 0 saturated carbocycles. The summed E-state index contributed by atoms with van der Waals surface area (Å²) in [4.78, 5) is 13.7. The SMILES string of the molecule is CS(=O)(=O)NCc1cc([C@@](Cc2ccccc2)(NC(=O)c2ccc(F)c(CF)c2)c2cc(O)cc(F)c2)ccc1F. The van der Waals surface area contributed by atoms with Crippen LogP contribution in [0.2, 0.25) is 0 Å². The van der Waals surface area contributed by atoms with Crippen LogP contribution in [0.1, 0.15) is 38.2 Å². The van der Waals surface area contributed by atoms with E-state index >= 15 is 0 Å². The van der Waals surface area contributed by atoms with Gasteiger partial charge in [0.2, 0.25) is 10.0 Å². The number of phenolic OH excluding ortho intramolecular Hbond substituents is 1. The van der Waals surface area contributed by atoms with Gasteiger partial charge in [-0.25, -0.2) is 30.7 Å². The predicted molar refractivity (Wildman–Crippen MR) is 146 cm³/mol. The average molecular weight is 587 g/mol. The highest BCUT2D eigenvalue weighted by molar-refractivity contribution is 7.88. The van der Waals surface area contributed by atoms with Gasteiger partial charge >= 0.3 is 0 Å². The number of sulfonamides is 1. The van der Waals surface area contributed by atoms with Crippen LogP contribution in [0.3, 0.4) is 0 Å². The topological polar surface area (TPSA) is 95.5 Å². The molecule has 4 aromatic rings. The summed E-state index contributed by atoms with van der Waals surface area (Å²) in [5.41, 5.74) is -1.24. The molecule has 0 bridgehead atoms. The monoisotopic (exact) mass is 586 g/mol. The lowest BCUT2D eigenvalue weighted by Crippen LogP contribution is -2.49. The van der Waals surface area contributed by atoms with Gasteiger partial charge in [0.1, 0.15) is 29.9 Å². The summed E-state index contributed by atoms with van der Waals surface area (Å²) < 4.78 is 82.6. The van der Waals surface area contributed by atoms with Crippen LogP contribution in [0.15, 0.2) is 84.9 Å². The summed E-state index contributed by atoms with van der Waals surface area (Å²) in [6, 6.07) is 18.9. The lowest BCUT2D eigenvalue weighted by molar-refractivity contribution is 0.0912. The van der Waals surface area contributed by atoms with Crippen LogP contribution in [0.25, 0.3) is 0 Å². The highest BCUT2D eigenvalue weighted by atomic mass is 32.2. The molecule has 41 heavy (non-hydrogen) atoms. The molecule has 0 unspecified atom stereocenters. The number of carbonyl (C=O) groups excluding carboxylic acids is 1. The van der Waals surface area contributed by atoms with Crippen molar-refractivity contribution in [1.82, 2.24) is 10.0 Å². The van der Waals surface area contributed by atoms with Gasteiger partial charge in [0, 0.05) is 35.7 Å². The number of nitrogens with one attached hydrogen (secondary N) is 2. The van der Waals surface area contributed by atoms with E-state index in [1.165, 1.54) is 18.2 Å². The van der Waals surface area contributed by atoms with Crippen molar-refractivity contribution in [1.29, 1.82) is 0 Å². The van der Waals surface area contributed by atoms with E-state index < -0.39 is 57.9 Å². The van der Waals surface area contributed by atoms with Crippen molar-refractivity contribution in [3.05, 3.63) is 136 Å². The van der Waals surface area contributed by atoms with Crippen molar-refractivity contribution in [3.63, 3.8) is 0 Å². The van der Waals surface area contributed by atoms with Gasteiger partial charge in [0.05, 0.1) is 11.8 Å². The molecule has 1 amide bonds. The first kappa shape index (κ1) is 29.8. The number of halogens is 4. The lowest BCUT2D eigenvalue weighted by atomic mass is 9.77. The van der Waals surface area contributed by atoms with E-state index in [1.54, 1.807) is 30.3 Å². The fourth-order valence-electron chi connectivity index (χ4n) is 4.55. The van der Waals surface area contributed by atoms with Gasteiger partial charge in [-0.2, -0.15) is 0 Å². The van der Waals surface area contributed by atoms with Crippen LogP contribution in [-0.2, 0) is 35.2 Å². The summed E-state index contributed by atoms with van der Waals surface area (Å²) in [7, 11) is -3.69. The third-order valence-electron chi connectivity index (χ3n) is 6.53. The Morgan fingerprint density at radius 2 is 1.54 bits per heavy atom. The highest BCUT2D eigenvalue weighted by Crippen LogP contribution is 2.37. The van der Waals surface area contributed by atoms with Gasteiger partial charge in [-0.05, 0) is 59.2 Å². The van der Waals surface area contributed by atoms with Crippen LogP contribution in [0.5, 0.6) is 5.75 Å². The van der Waals surface area contributed by atoms with Crippen molar-refractivity contribution < 1.29 is 35.9 Å². The Morgan fingerprint density at radius 3 is 2.20 bits per heavy atom. The summed E-state index contributed by atoms with van der Waals surface area (Å²) in [6.07, 6.45) is 0.878. The fourth-order valence-corrected chi connectivity index (χ4v) is 4.97. The van der Waals surface area contributed by atoms with E-state index in [9.17, 15) is 35.9 Å². The highest BCUT2D eigenvalue weighted by Gasteiger charge is 2.38. The lowest BCUT2D eigenvalue weighted by Gasteiger charge is -2.37. The third-order valence-corrected chi connectivity index (χ3v) is 7.20. The van der Waals surface area contributed by atoms with Crippen molar-refractivity contribution in [3.8, 4) is 5.75 Å². The second-order valence-electron chi connectivity index (χ2n) is 9.56. The Morgan fingerprint density at radius 1 is 0.854 bits per heavy atom. The van der Waals surface area contributed by atoms with Gasteiger partial charge < -0.3 is 10.4 Å². The molecule has 0 spiro atoms. The van der Waals surface area contributed by atoms with Crippen molar-refractivity contribution in [2.75, 3.05) is 6.26 Å². The van der Waals surface area contributed by atoms with Gasteiger partial charge in [-0.3, -0.25) is 4.79 Å². The Kier molecular flexibility index (Phi) is 8.79. The second-order valence-corrected chi connectivity index (χ2v) is 11.4. The number of hydrogen-bond acceptors (Lipinski definition) is 4. The van der Waals surface area contributed by atoms with Gasteiger partial charge in [0.25, 0.3) is 5.91 Å². The van der Waals surface area contributed by atoms with Crippen LogP contribution < -0.4 is 10.0 Å². The molecule has 0 heterocycles. The minimum atomic E-state index is -3.69. The predicted octanol–water partition coefficient (Wildman–Crippen LogP) is 5.24. The molecule has 4 rings (SSSR count). The second kappa shape index (κ2) is 12.1. The van der Waals surface area contributed by atoms with Gasteiger partial charge in [0.15, 0.2) is 0 Å². The molecule has 3 N–H and O–H groups in total. The Balaban J connectivity index is 1.96. The fraction of sp³-hybridized carbons (Fsp3) is 0.167. The number of amides is 1. The molecule has 0 aliphatic heterocycles. The molecule has 0 radical (unpaired) electrons. The molecular weight excluding hydrogens is 560 g/mol. The normalized spacial score (nSPS) is 13.0. The van der Waals surface area contributed by atoms with E-state index in [2.05, 4.69) is 10.0 Å². The first-order chi connectivity index (χ1) is 19.4. The van der Waals surface area contributed by atoms with Crippen molar-refractivity contribution in [2.24, 2.45) is 0 Å². The summed E-state index contributed by atoms with van der Waals surface area (Å²) in [5.74, 6) is -3.64. The quantitative estimate of drug-likeness (QED) is 0.222. The molecular formula is C30H26F4N2O4S. The standard InChI is InChI=1S/C30H26F4N2O4S/c1-41(39,40)35-18-22-12-23(8-10-28(22)34)30(16-19-5-3-2-4-6-19,24-13-25(32)15-26(37)14-24)36-29(38)20-7-9-27(33)21(11-20)17-31/h2-15,35,37H,16-18H2,1H3,(H,36,38)/t30-/m1/s1. The van der Waals surface area contributed by atoms with E-state index in [4.69, 9.17) is 0 Å². The molecule has 1 atom stereocenters. The van der Waals surface area contributed by atoms with Gasteiger partial charge in [-0.1, -0.05) is 36.4 Å². The van der Waals surface area contributed by atoms with E-state index in [-0.39, 0.29) is 34.2 Å². The molecule has 214 valence electrons. The van der Waals surface area contributed by atoms with Crippen molar-refractivity contribution >= 4 is 15.9 Å². The maximum atomic E-state index is 14.8. The van der Waals surface area contributed by atoms with Crippen LogP contribution in [0.4, 0.5) is 17.6 Å². The van der Waals surface area contributed by atoms with E-state index in [0.717, 1.165) is 42.7 Å². The number of benzene rings is 4. The molecule has 4 aromatic carbocycles.